The average Bonchev–Trinajstić information content (AvgIpc) is 3.37. The molecular formula is C31H38F2N8O2. The maximum atomic E-state index is 15.3. The van der Waals surface area contributed by atoms with Gasteiger partial charge in [0.25, 0.3) is 0 Å². The molecule has 0 aliphatic rings. The van der Waals surface area contributed by atoms with Gasteiger partial charge >= 0.3 is 0 Å². The molecule has 4 rings (SSSR count). The minimum absolute atomic E-state index is 0.110. The van der Waals surface area contributed by atoms with E-state index in [1.807, 2.05) is 46.0 Å². The Hall–Kier alpha value is -4.58. The van der Waals surface area contributed by atoms with Crippen LogP contribution in [0.25, 0.3) is 22.3 Å². The number of carbonyl (C=O) groups excluding carboxylic acids is 1. The first-order valence-corrected chi connectivity index (χ1v) is 13.9. The van der Waals surface area contributed by atoms with Crippen molar-refractivity contribution in [1.29, 1.82) is 0 Å². The van der Waals surface area contributed by atoms with Crippen LogP contribution in [0.1, 0.15) is 38.8 Å². The number of fused-ring (bicyclic) bond motifs is 1. The number of ether oxygens (including phenoxy) is 1. The molecular weight excluding hydrogens is 554 g/mol. The molecule has 0 saturated heterocycles. The van der Waals surface area contributed by atoms with Crippen LogP contribution >= 0.6 is 0 Å². The van der Waals surface area contributed by atoms with Crippen molar-refractivity contribution in [2.45, 2.75) is 33.0 Å². The fourth-order valence-electron chi connectivity index (χ4n) is 4.75. The van der Waals surface area contributed by atoms with E-state index in [9.17, 15) is 9.18 Å². The number of carbonyl (C=O) groups is 1. The first-order chi connectivity index (χ1) is 20.4. The SMILES string of the molecule is C=CC(=O)Nc1cc(Nc2nccc(-c3cc(F)c4nc(C(C)F)n(C(C)C)c4c3)n2)c(OC)cc1N(C)CCN(C)C. The summed E-state index contributed by atoms with van der Waals surface area (Å²) in [5, 5.41) is 6.04. The van der Waals surface area contributed by atoms with E-state index in [1.165, 1.54) is 19.1 Å². The van der Waals surface area contributed by atoms with E-state index in [1.54, 1.807) is 36.1 Å². The molecule has 10 nitrogen and oxygen atoms in total. The minimum Gasteiger partial charge on any atom is -0.494 e. The van der Waals surface area contributed by atoms with Gasteiger partial charge in [-0.3, -0.25) is 4.79 Å². The van der Waals surface area contributed by atoms with Crippen molar-refractivity contribution >= 4 is 40.0 Å². The normalized spacial score (nSPS) is 12.1. The number of hydrogen-bond acceptors (Lipinski definition) is 8. The highest BCUT2D eigenvalue weighted by molar-refractivity contribution is 6.02. The zero-order valence-electron chi connectivity index (χ0n) is 25.6. The number of methoxy groups -OCH3 is 1. The summed E-state index contributed by atoms with van der Waals surface area (Å²) in [5.41, 5.74) is 3.32. The lowest BCUT2D eigenvalue weighted by Crippen LogP contribution is -2.29. The molecule has 0 fully saturated rings. The number of benzene rings is 2. The number of imidazole rings is 1. The van der Waals surface area contributed by atoms with Gasteiger partial charge < -0.3 is 29.7 Å². The van der Waals surface area contributed by atoms with Crippen molar-refractivity contribution in [1.82, 2.24) is 24.4 Å². The summed E-state index contributed by atoms with van der Waals surface area (Å²) in [6.07, 6.45) is 1.40. The van der Waals surface area contributed by atoms with Crippen molar-refractivity contribution < 1.29 is 18.3 Å². The zero-order valence-corrected chi connectivity index (χ0v) is 25.6. The van der Waals surface area contributed by atoms with E-state index in [4.69, 9.17) is 4.74 Å². The molecule has 2 aromatic carbocycles. The van der Waals surface area contributed by atoms with Crippen molar-refractivity contribution in [2.75, 3.05) is 56.9 Å². The van der Waals surface area contributed by atoms with Gasteiger partial charge in [0.2, 0.25) is 11.9 Å². The maximum Gasteiger partial charge on any atom is 0.247 e. The minimum atomic E-state index is -1.36. The van der Waals surface area contributed by atoms with Gasteiger partial charge in [-0.05, 0) is 65.2 Å². The van der Waals surface area contributed by atoms with E-state index in [2.05, 4.69) is 37.1 Å². The summed E-state index contributed by atoms with van der Waals surface area (Å²) >= 11 is 0. The summed E-state index contributed by atoms with van der Waals surface area (Å²) in [5.74, 6) is -0.0339. The van der Waals surface area contributed by atoms with Crippen LogP contribution in [0.5, 0.6) is 5.75 Å². The lowest BCUT2D eigenvalue weighted by atomic mass is 10.1. The molecule has 0 radical (unpaired) electrons. The molecule has 0 spiro atoms. The van der Waals surface area contributed by atoms with Crippen molar-refractivity contribution in [3.63, 3.8) is 0 Å². The first kappa shape index (κ1) is 31.4. The van der Waals surface area contributed by atoms with Gasteiger partial charge in [-0.2, -0.15) is 0 Å². The molecule has 0 bridgehead atoms. The second-order valence-electron chi connectivity index (χ2n) is 10.8. The highest BCUT2D eigenvalue weighted by Crippen LogP contribution is 2.38. The van der Waals surface area contributed by atoms with E-state index >= 15 is 4.39 Å². The highest BCUT2D eigenvalue weighted by Gasteiger charge is 2.22. The van der Waals surface area contributed by atoms with Crippen LogP contribution in [0.2, 0.25) is 0 Å². The van der Waals surface area contributed by atoms with Gasteiger partial charge in [0, 0.05) is 44.0 Å². The number of hydrogen-bond donors (Lipinski definition) is 2. The number of rotatable bonds is 12. The third-order valence-electron chi connectivity index (χ3n) is 6.90. The summed E-state index contributed by atoms with van der Waals surface area (Å²) in [6, 6.07) is 8.18. The predicted octanol–water partition coefficient (Wildman–Crippen LogP) is 6.12. The molecule has 0 aliphatic carbocycles. The number of anilines is 4. The van der Waals surface area contributed by atoms with Crippen LogP contribution in [0.15, 0.2) is 49.2 Å². The molecule has 12 heteroatoms. The molecule has 2 aromatic heterocycles. The molecule has 43 heavy (non-hydrogen) atoms. The number of halogens is 2. The predicted molar refractivity (Wildman–Crippen MR) is 168 cm³/mol. The standard InChI is InChI=1S/C31H38F2N8O2/c1-9-28(42)35-23-16-24(27(43-8)17-25(23)40(7)13-12-39(5)6)37-31-34-11-10-22(36-31)20-14-21(33)29-26(15-20)41(18(2)3)30(38-29)19(4)32/h9-11,14-19H,1,12-13H2,2-8H3,(H,35,42)(H,34,36,37). The number of nitrogens with one attached hydrogen (secondary N) is 2. The third-order valence-corrected chi connectivity index (χ3v) is 6.90. The number of nitrogens with zero attached hydrogens (tertiary/aromatic N) is 6. The van der Waals surface area contributed by atoms with Gasteiger partial charge in [-0.25, -0.2) is 23.7 Å². The molecule has 0 saturated carbocycles. The van der Waals surface area contributed by atoms with Crippen LogP contribution in [0.4, 0.5) is 31.8 Å². The van der Waals surface area contributed by atoms with Gasteiger partial charge in [-0.1, -0.05) is 6.58 Å². The fourth-order valence-corrected chi connectivity index (χ4v) is 4.75. The van der Waals surface area contributed by atoms with E-state index in [-0.39, 0.29) is 29.2 Å². The highest BCUT2D eigenvalue weighted by atomic mass is 19.1. The molecule has 1 amide bonds. The van der Waals surface area contributed by atoms with E-state index in [0.29, 0.717) is 40.4 Å². The number of aromatic nitrogens is 4. The molecule has 0 aliphatic heterocycles. The van der Waals surface area contributed by atoms with E-state index < -0.39 is 12.0 Å². The molecule has 2 heterocycles. The summed E-state index contributed by atoms with van der Waals surface area (Å²) in [7, 11) is 7.46. The Morgan fingerprint density at radius 2 is 1.86 bits per heavy atom. The first-order valence-electron chi connectivity index (χ1n) is 13.9. The van der Waals surface area contributed by atoms with Gasteiger partial charge in [-0.15, -0.1) is 0 Å². The Morgan fingerprint density at radius 3 is 2.49 bits per heavy atom. The second kappa shape index (κ2) is 13.2. The van der Waals surface area contributed by atoms with E-state index in [0.717, 1.165) is 12.2 Å². The summed E-state index contributed by atoms with van der Waals surface area (Å²) in [4.78, 5) is 29.6. The topological polar surface area (TPSA) is 100 Å². The average molecular weight is 593 g/mol. The largest absolute Gasteiger partial charge is 0.494 e. The number of amides is 1. The monoisotopic (exact) mass is 592 g/mol. The third kappa shape index (κ3) is 6.91. The lowest BCUT2D eigenvalue weighted by Gasteiger charge is -2.26. The van der Waals surface area contributed by atoms with Crippen LogP contribution < -0.4 is 20.3 Å². The van der Waals surface area contributed by atoms with Gasteiger partial charge in [0.05, 0.1) is 35.4 Å². The zero-order chi connectivity index (χ0) is 31.4. The maximum absolute atomic E-state index is 15.3. The summed E-state index contributed by atoms with van der Waals surface area (Å²) in [6.45, 7) is 10.2. The molecule has 228 valence electrons. The fraction of sp³-hybridized carbons (Fsp3) is 0.355. The number of likely N-dealkylation sites (N-methyl/N-ethyl adjacent to an activating group) is 2. The smallest absolute Gasteiger partial charge is 0.247 e. The van der Waals surface area contributed by atoms with Crippen LogP contribution in [0, 0.1) is 5.82 Å². The van der Waals surface area contributed by atoms with Crippen molar-refractivity contribution in [3.05, 3.63) is 60.8 Å². The quantitative estimate of drug-likeness (QED) is 0.190. The molecule has 2 N–H and O–H groups in total. The lowest BCUT2D eigenvalue weighted by molar-refractivity contribution is -0.111. The van der Waals surface area contributed by atoms with Gasteiger partial charge in [0.1, 0.15) is 17.1 Å². The van der Waals surface area contributed by atoms with Crippen molar-refractivity contribution in [2.24, 2.45) is 0 Å². The Labute approximate surface area is 250 Å². The Bertz CT molecular complexity index is 1630. The summed E-state index contributed by atoms with van der Waals surface area (Å²) < 4.78 is 37.0. The Morgan fingerprint density at radius 1 is 1.12 bits per heavy atom. The molecule has 1 unspecified atom stereocenters. The molecule has 1 atom stereocenters. The Kier molecular flexibility index (Phi) is 9.59. The van der Waals surface area contributed by atoms with Crippen LogP contribution in [-0.2, 0) is 4.79 Å². The van der Waals surface area contributed by atoms with Crippen LogP contribution in [0.3, 0.4) is 0 Å². The number of alkyl halides is 1. The Balaban J connectivity index is 1.74. The molecule has 4 aromatic rings. The van der Waals surface area contributed by atoms with Crippen molar-refractivity contribution in [3.8, 4) is 17.0 Å². The van der Waals surface area contributed by atoms with Gasteiger partial charge in [0.15, 0.2) is 12.0 Å². The second-order valence-corrected chi connectivity index (χ2v) is 10.8. The van der Waals surface area contributed by atoms with Crippen LogP contribution in [-0.4, -0.2) is 71.7 Å².